The van der Waals surface area contributed by atoms with Crippen LogP contribution in [-0.4, -0.2) is 59.2 Å². The Morgan fingerprint density at radius 3 is 2.48 bits per heavy atom. The normalized spacial score (nSPS) is 13.3. The van der Waals surface area contributed by atoms with Crippen molar-refractivity contribution in [2.24, 2.45) is 0 Å². The minimum atomic E-state index is -0.453. The molecule has 1 saturated heterocycles. The molecular weight excluding hydrogens is 587 g/mol. The fourth-order valence-electron chi connectivity index (χ4n) is 4.89. The number of nitro benzene ring substituents is 1. The topological polar surface area (TPSA) is 99.9 Å². The Morgan fingerprint density at radius 2 is 1.66 bits per heavy atom. The van der Waals surface area contributed by atoms with Gasteiger partial charge in [0.2, 0.25) is 5.88 Å². The number of ether oxygens (including phenoxy) is 3. The van der Waals surface area contributed by atoms with E-state index in [0.717, 1.165) is 54.9 Å². The first kappa shape index (κ1) is 30.8. The van der Waals surface area contributed by atoms with Crippen LogP contribution in [0.2, 0.25) is 0 Å². The maximum absolute atomic E-state index is 14.2. The van der Waals surface area contributed by atoms with Crippen molar-refractivity contribution < 1.29 is 23.5 Å². The second-order valence-electron chi connectivity index (χ2n) is 10.1. The third kappa shape index (κ3) is 7.46. The van der Waals surface area contributed by atoms with E-state index in [-0.39, 0.29) is 36.4 Å². The maximum atomic E-state index is 14.2. The van der Waals surface area contributed by atoms with Gasteiger partial charge in [0.15, 0.2) is 5.82 Å². The van der Waals surface area contributed by atoms with Crippen molar-refractivity contribution in [2.45, 2.75) is 6.61 Å². The van der Waals surface area contributed by atoms with E-state index in [4.69, 9.17) is 19.2 Å². The molecule has 1 fully saturated rings. The standard InChI is InChI=1S/C33H29FN4O5.ClH/c34-30-7-2-1-4-27(30)22-43-32-21-31(25-5-3-6-28(19-25)38(39)40)35-33(36-32)26-9-8-24-20-29(11-10-23(24)18-26)42-17-14-37-12-15-41-16-13-37;/h1-11,18-21H,12-17,22H2;1H. The van der Waals surface area contributed by atoms with Crippen molar-refractivity contribution in [3.8, 4) is 34.3 Å². The molecular formula is C33H30ClFN4O5. The summed E-state index contributed by atoms with van der Waals surface area (Å²) >= 11 is 0. The van der Waals surface area contributed by atoms with Crippen LogP contribution in [0.15, 0.2) is 91.0 Å². The van der Waals surface area contributed by atoms with Crippen LogP contribution in [0.3, 0.4) is 0 Å². The highest BCUT2D eigenvalue weighted by Gasteiger charge is 2.15. The molecule has 44 heavy (non-hydrogen) atoms. The van der Waals surface area contributed by atoms with Gasteiger partial charge in [0.1, 0.15) is 24.8 Å². The first-order valence-electron chi connectivity index (χ1n) is 14.0. The lowest BCUT2D eigenvalue weighted by molar-refractivity contribution is -0.384. The molecule has 0 amide bonds. The van der Waals surface area contributed by atoms with Crippen LogP contribution in [0, 0.1) is 15.9 Å². The zero-order chi connectivity index (χ0) is 29.6. The molecule has 6 rings (SSSR count). The monoisotopic (exact) mass is 616 g/mol. The van der Waals surface area contributed by atoms with Crippen molar-refractivity contribution in [2.75, 3.05) is 39.5 Å². The summed E-state index contributed by atoms with van der Waals surface area (Å²) in [6.07, 6.45) is 0. The highest BCUT2D eigenvalue weighted by molar-refractivity contribution is 5.87. The predicted molar refractivity (Wildman–Crippen MR) is 168 cm³/mol. The van der Waals surface area contributed by atoms with E-state index in [1.54, 1.807) is 36.4 Å². The summed E-state index contributed by atoms with van der Waals surface area (Å²) < 4.78 is 31.6. The molecule has 0 radical (unpaired) electrons. The maximum Gasteiger partial charge on any atom is 0.270 e. The van der Waals surface area contributed by atoms with E-state index in [0.29, 0.717) is 29.3 Å². The molecule has 11 heteroatoms. The van der Waals surface area contributed by atoms with E-state index in [1.165, 1.54) is 18.2 Å². The number of fused-ring (bicyclic) bond motifs is 1. The van der Waals surface area contributed by atoms with Crippen molar-refractivity contribution in [3.05, 3.63) is 112 Å². The molecule has 0 spiro atoms. The van der Waals surface area contributed by atoms with Gasteiger partial charge in [0.05, 0.1) is 23.8 Å². The van der Waals surface area contributed by atoms with Gasteiger partial charge in [-0.3, -0.25) is 15.0 Å². The molecule has 1 aliphatic heterocycles. The number of non-ortho nitro benzene ring substituents is 1. The van der Waals surface area contributed by atoms with E-state index in [1.807, 2.05) is 36.4 Å². The number of nitrogens with zero attached hydrogens (tertiary/aromatic N) is 4. The summed E-state index contributed by atoms with van der Waals surface area (Å²) in [5.74, 6) is 1.01. The number of nitro groups is 1. The zero-order valence-electron chi connectivity index (χ0n) is 23.7. The Bertz CT molecular complexity index is 1770. The van der Waals surface area contributed by atoms with Crippen LogP contribution in [0.1, 0.15) is 5.56 Å². The van der Waals surface area contributed by atoms with E-state index in [9.17, 15) is 14.5 Å². The molecule has 0 unspecified atom stereocenters. The molecule has 0 atom stereocenters. The fraction of sp³-hybridized carbons (Fsp3) is 0.212. The van der Waals surface area contributed by atoms with Crippen LogP contribution in [0.25, 0.3) is 33.4 Å². The molecule has 0 saturated carbocycles. The number of morpholine rings is 1. The second kappa shape index (κ2) is 14.2. The molecule has 0 N–H and O–H groups in total. The lowest BCUT2D eigenvalue weighted by Crippen LogP contribution is -2.38. The zero-order valence-corrected chi connectivity index (χ0v) is 24.5. The van der Waals surface area contributed by atoms with Gasteiger partial charge >= 0.3 is 0 Å². The highest BCUT2D eigenvalue weighted by atomic mass is 35.5. The average molecular weight is 617 g/mol. The smallest absolute Gasteiger partial charge is 0.270 e. The van der Waals surface area contributed by atoms with Gasteiger partial charge in [0.25, 0.3) is 5.69 Å². The van der Waals surface area contributed by atoms with Gasteiger partial charge in [0, 0.05) is 54.5 Å². The summed E-state index contributed by atoms with van der Waals surface area (Å²) in [6.45, 7) is 4.76. The van der Waals surface area contributed by atoms with Gasteiger partial charge in [-0.2, -0.15) is 4.98 Å². The molecule has 226 valence electrons. The molecule has 0 aliphatic carbocycles. The van der Waals surface area contributed by atoms with Gasteiger partial charge in [-0.15, -0.1) is 12.4 Å². The number of aromatic nitrogens is 2. The average Bonchev–Trinajstić information content (AvgIpc) is 3.04. The van der Waals surface area contributed by atoms with Crippen LogP contribution < -0.4 is 9.47 Å². The number of hydrogen-bond donors (Lipinski definition) is 0. The van der Waals surface area contributed by atoms with E-state index in [2.05, 4.69) is 9.88 Å². The molecule has 1 aliphatic rings. The lowest BCUT2D eigenvalue weighted by atomic mass is 10.1. The Hall–Kier alpha value is -4.64. The summed E-state index contributed by atoms with van der Waals surface area (Å²) in [5.41, 5.74) is 2.04. The molecule has 1 aromatic heterocycles. The van der Waals surface area contributed by atoms with Gasteiger partial charge in [-0.1, -0.05) is 48.5 Å². The van der Waals surface area contributed by atoms with Crippen LogP contribution in [0.4, 0.5) is 10.1 Å². The summed E-state index contributed by atoms with van der Waals surface area (Å²) in [6, 6.07) is 26.0. The predicted octanol–water partition coefficient (Wildman–Crippen LogP) is 6.72. The molecule has 2 heterocycles. The summed E-state index contributed by atoms with van der Waals surface area (Å²) in [5, 5.41) is 13.4. The van der Waals surface area contributed by atoms with Crippen molar-refractivity contribution in [1.82, 2.24) is 14.9 Å². The van der Waals surface area contributed by atoms with Crippen LogP contribution >= 0.6 is 12.4 Å². The highest BCUT2D eigenvalue weighted by Crippen LogP contribution is 2.30. The SMILES string of the molecule is Cl.O=[N+]([O-])c1cccc(-c2cc(OCc3ccccc3F)nc(-c3ccc4cc(OCCN5CCOCC5)ccc4c3)n2)c1. The van der Waals surface area contributed by atoms with Crippen molar-refractivity contribution in [3.63, 3.8) is 0 Å². The molecule has 5 aromatic rings. The van der Waals surface area contributed by atoms with Crippen molar-refractivity contribution in [1.29, 1.82) is 0 Å². The largest absolute Gasteiger partial charge is 0.492 e. The van der Waals surface area contributed by atoms with E-state index >= 15 is 0 Å². The van der Waals surface area contributed by atoms with Gasteiger partial charge < -0.3 is 14.2 Å². The fourth-order valence-corrected chi connectivity index (χ4v) is 4.89. The summed E-state index contributed by atoms with van der Waals surface area (Å²) in [7, 11) is 0. The number of hydrogen-bond acceptors (Lipinski definition) is 8. The lowest BCUT2D eigenvalue weighted by Gasteiger charge is -2.26. The minimum Gasteiger partial charge on any atom is -0.492 e. The first-order chi connectivity index (χ1) is 21.0. The van der Waals surface area contributed by atoms with Gasteiger partial charge in [-0.05, 0) is 35.0 Å². The van der Waals surface area contributed by atoms with Gasteiger partial charge in [-0.25, -0.2) is 9.37 Å². The Morgan fingerprint density at radius 1 is 0.864 bits per heavy atom. The Balaban J connectivity index is 0.00000384. The Labute approximate surface area is 259 Å². The van der Waals surface area contributed by atoms with Crippen molar-refractivity contribution >= 4 is 28.9 Å². The third-order valence-corrected chi connectivity index (χ3v) is 7.24. The molecule has 4 aromatic carbocycles. The summed E-state index contributed by atoms with van der Waals surface area (Å²) in [4.78, 5) is 22.6. The van der Waals surface area contributed by atoms with E-state index < -0.39 is 4.92 Å². The number of halogens is 2. The molecule has 0 bridgehead atoms. The minimum absolute atomic E-state index is 0. The quantitative estimate of drug-likeness (QED) is 0.126. The van der Waals surface area contributed by atoms with Crippen LogP contribution in [0.5, 0.6) is 11.6 Å². The Kier molecular flexibility index (Phi) is 9.96. The first-order valence-corrected chi connectivity index (χ1v) is 14.0. The molecule has 9 nitrogen and oxygen atoms in total. The third-order valence-electron chi connectivity index (χ3n) is 7.24. The number of benzene rings is 4. The van der Waals surface area contributed by atoms with Crippen LogP contribution in [-0.2, 0) is 11.3 Å². The second-order valence-corrected chi connectivity index (χ2v) is 10.1. The number of rotatable bonds is 10.